The molecular formula is C28H25ClF4N4O4. The number of nitrogens with zero attached hydrogens (tertiary/aromatic N) is 4. The third-order valence-corrected chi connectivity index (χ3v) is 7.49. The summed E-state index contributed by atoms with van der Waals surface area (Å²) in [6.45, 7) is 2.11. The molecule has 0 radical (unpaired) electrons. The van der Waals surface area contributed by atoms with Crippen molar-refractivity contribution in [1.29, 1.82) is 0 Å². The van der Waals surface area contributed by atoms with Gasteiger partial charge in [-0.25, -0.2) is 19.2 Å². The number of halogens is 5. The molecule has 8 nitrogen and oxygen atoms in total. The Bertz CT molecular complexity index is 1660. The van der Waals surface area contributed by atoms with Gasteiger partial charge in [-0.05, 0) is 49.2 Å². The van der Waals surface area contributed by atoms with Gasteiger partial charge in [-0.3, -0.25) is 4.90 Å². The highest BCUT2D eigenvalue weighted by atomic mass is 35.5. The second-order valence-electron chi connectivity index (χ2n) is 9.74. The van der Waals surface area contributed by atoms with Crippen molar-refractivity contribution in [3.05, 3.63) is 81.0 Å². The lowest BCUT2D eigenvalue weighted by Gasteiger charge is -2.34. The average molecular weight is 593 g/mol. The minimum atomic E-state index is -4.72. The summed E-state index contributed by atoms with van der Waals surface area (Å²) in [6.07, 6.45) is -4.42. The van der Waals surface area contributed by atoms with Gasteiger partial charge in [0.05, 0.1) is 36.5 Å². The Morgan fingerprint density at radius 3 is 2.61 bits per heavy atom. The molecule has 0 unspecified atom stereocenters. The lowest BCUT2D eigenvalue weighted by molar-refractivity contribution is -0.139. The summed E-state index contributed by atoms with van der Waals surface area (Å²) in [7, 11) is 3.19. The molecule has 41 heavy (non-hydrogen) atoms. The van der Waals surface area contributed by atoms with Crippen LogP contribution in [-0.4, -0.2) is 44.2 Å². The largest absolute Gasteiger partial charge is 0.494 e. The second kappa shape index (κ2) is 10.8. The first-order valence-electron chi connectivity index (χ1n) is 12.6. The lowest BCUT2D eigenvalue weighted by Crippen LogP contribution is -2.35. The Hall–Kier alpha value is -3.90. The van der Waals surface area contributed by atoms with E-state index in [2.05, 4.69) is 9.97 Å². The van der Waals surface area contributed by atoms with Crippen molar-refractivity contribution in [2.24, 2.45) is 7.05 Å². The molecular weight excluding hydrogens is 568 g/mol. The molecule has 0 bridgehead atoms. The minimum absolute atomic E-state index is 0.0417. The van der Waals surface area contributed by atoms with Gasteiger partial charge in [0.2, 0.25) is 5.88 Å². The van der Waals surface area contributed by atoms with Gasteiger partial charge in [0.1, 0.15) is 35.1 Å². The van der Waals surface area contributed by atoms with Crippen LogP contribution >= 0.6 is 11.6 Å². The molecule has 13 heteroatoms. The molecule has 0 spiro atoms. The van der Waals surface area contributed by atoms with Crippen LogP contribution in [0.2, 0.25) is 5.02 Å². The lowest BCUT2D eigenvalue weighted by atomic mass is 9.97. The molecule has 1 aliphatic heterocycles. The van der Waals surface area contributed by atoms with Crippen LogP contribution in [0.1, 0.15) is 51.5 Å². The Balaban J connectivity index is 1.46. The van der Waals surface area contributed by atoms with Crippen LogP contribution < -0.4 is 9.47 Å². The van der Waals surface area contributed by atoms with Gasteiger partial charge < -0.3 is 19.1 Å². The van der Waals surface area contributed by atoms with E-state index in [-0.39, 0.29) is 16.1 Å². The summed E-state index contributed by atoms with van der Waals surface area (Å²) in [5.74, 6) is -1.50. The zero-order chi connectivity index (χ0) is 29.6. The Labute approximate surface area is 237 Å². The van der Waals surface area contributed by atoms with Gasteiger partial charge in [0.25, 0.3) is 0 Å². The van der Waals surface area contributed by atoms with E-state index in [0.29, 0.717) is 53.4 Å². The summed E-state index contributed by atoms with van der Waals surface area (Å²) < 4.78 is 68.6. The first-order chi connectivity index (χ1) is 19.4. The smallest absolute Gasteiger partial charge is 0.421 e. The highest BCUT2D eigenvalue weighted by Crippen LogP contribution is 2.40. The van der Waals surface area contributed by atoms with E-state index >= 15 is 0 Å². The van der Waals surface area contributed by atoms with Crippen molar-refractivity contribution in [2.45, 2.75) is 38.7 Å². The van der Waals surface area contributed by atoms with E-state index in [4.69, 9.17) is 21.1 Å². The summed E-state index contributed by atoms with van der Waals surface area (Å²) in [5, 5.41) is 9.62. The zero-order valence-corrected chi connectivity index (χ0v) is 23.0. The maximum Gasteiger partial charge on any atom is 0.421 e. The summed E-state index contributed by atoms with van der Waals surface area (Å²) in [6, 6.07) is 7.39. The number of imidazole rings is 1. The summed E-state index contributed by atoms with van der Waals surface area (Å²) in [5.41, 5.74) is 1.00. The molecule has 0 saturated carbocycles. The van der Waals surface area contributed by atoms with Crippen LogP contribution in [0.3, 0.4) is 0 Å². The fraction of sp³-hybridized carbons (Fsp3) is 0.321. The predicted molar refractivity (Wildman–Crippen MR) is 142 cm³/mol. The first kappa shape index (κ1) is 28.6. The minimum Gasteiger partial charge on any atom is -0.494 e. The maximum absolute atomic E-state index is 14.2. The van der Waals surface area contributed by atoms with Gasteiger partial charge in [-0.1, -0.05) is 17.7 Å². The molecule has 5 rings (SSSR count). The van der Waals surface area contributed by atoms with E-state index in [0.717, 1.165) is 12.1 Å². The van der Waals surface area contributed by atoms with E-state index in [1.54, 1.807) is 11.6 Å². The highest BCUT2D eigenvalue weighted by molar-refractivity contribution is 6.30. The number of methoxy groups -OCH3 is 1. The summed E-state index contributed by atoms with van der Waals surface area (Å²) >= 11 is 5.77. The fourth-order valence-corrected chi connectivity index (χ4v) is 5.12. The van der Waals surface area contributed by atoms with Crippen LogP contribution in [0.15, 0.2) is 36.4 Å². The number of carboxylic acid groups (broad SMARTS) is 1. The molecule has 2 aromatic carbocycles. The van der Waals surface area contributed by atoms with Crippen LogP contribution in [-0.2, 0) is 32.8 Å². The van der Waals surface area contributed by atoms with Gasteiger partial charge in [-0.2, -0.15) is 13.2 Å². The Kier molecular flexibility index (Phi) is 7.56. The average Bonchev–Trinajstić information content (AvgIpc) is 3.23. The number of aromatic nitrogens is 3. The number of carbonyl (C=O) groups is 1. The van der Waals surface area contributed by atoms with E-state index in [1.807, 2.05) is 11.8 Å². The van der Waals surface area contributed by atoms with Gasteiger partial charge in [0, 0.05) is 24.2 Å². The number of ether oxygens (including phenoxy) is 2. The molecule has 216 valence electrons. The summed E-state index contributed by atoms with van der Waals surface area (Å²) in [4.78, 5) is 22.6. The molecule has 1 aliphatic rings. The molecule has 0 saturated heterocycles. The normalized spacial score (nSPS) is 15.7. The van der Waals surface area contributed by atoms with Gasteiger partial charge >= 0.3 is 12.1 Å². The number of alkyl halides is 3. The Morgan fingerprint density at radius 1 is 1.20 bits per heavy atom. The molecule has 1 N–H and O–H groups in total. The molecule has 3 heterocycles. The quantitative estimate of drug-likeness (QED) is 0.256. The van der Waals surface area contributed by atoms with Crippen molar-refractivity contribution >= 4 is 28.6 Å². The molecule has 0 fully saturated rings. The number of aryl methyl sites for hydroxylation is 1. The highest BCUT2D eigenvalue weighted by Gasteiger charge is 2.38. The van der Waals surface area contributed by atoms with Crippen LogP contribution in [0, 0.1) is 5.82 Å². The number of rotatable bonds is 7. The topological polar surface area (TPSA) is 89.7 Å². The Morgan fingerprint density at radius 2 is 1.95 bits per heavy atom. The van der Waals surface area contributed by atoms with Crippen molar-refractivity contribution in [3.8, 4) is 11.6 Å². The number of aromatic carboxylic acids is 1. The second-order valence-corrected chi connectivity index (χ2v) is 10.2. The number of carboxylic acids is 1. The standard InChI is InChI=1S/C28H25ClF4N4O4/c1-14-24-15(8-19(28(31,32)33)26(35-24)41-13-16-4-5-18(29)11-20(16)30)6-7-37(14)12-23-34-25-21(36(23)2)9-17(27(38)39)10-22(25)40-3/h4-5,8-11,14H,6-7,12-13H2,1-3H3,(H,38,39)/t14-/m0/s1. The van der Waals surface area contributed by atoms with Crippen molar-refractivity contribution < 1.29 is 36.9 Å². The van der Waals surface area contributed by atoms with Crippen LogP contribution in [0.4, 0.5) is 17.6 Å². The maximum atomic E-state index is 14.2. The predicted octanol–water partition coefficient (Wildman–Crippen LogP) is 6.18. The van der Waals surface area contributed by atoms with E-state index in [1.165, 1.54) is 31.4 Å². The van der Waals surface area contributed by atoms with Crippen LogP contribution in [0.25, 0.3) is 11.0 Å². The number of hydrogen-bond acceptors (Lipinski definition) is 6. The number of benzene rings is 2. The molecule has 1 atom stereocenters. The fourth-order valence-electron chi connectivity index (χ4n) is 4.96. The number of hydrogen-bond donors (Lipinski definition) is 1. The van der Waals surface area contributed by atoms with Crippen LogP contribution in [0.5, 0.6) is 11.6 Å². The number of pyridine rings is 1. The zero-order valence-electron chi connectivity index (χ0n) is 22.2. The van der Waals surface area contributed by atoms with E-state index in [9.17, 15) is 27.5 Å². The van der Waals surface area contributed by atoms with Crippen molar-refractivity contribution in [1.82, 2.24) is 19.4 Å². The third-order valence-electron chi connectivity index (χ3n) is 7.25. The molecule has 2 aromatic heterocycles. The monoisotopic (exact) mass is 592 g/mol. The molecule has 0 amide bonds. The first-order valence-corrected chi connectivity index (χ1v) is 12.9. The van der Waals surface area contributed by atoms with E-state index < -0.39 is 42.1 Å². The van der Waals surface area contributed by atoms with Gasteiger partial charge in [0.15, 0.2) is 0 Å². The van der Waals surface area contributed by atoms with Crippen molar-refractivity contribution in [3.63, 3.8) is 0 Å². The third kappa shape index (κ3) is 5.53. The molecule has 0 aliphatic carbocycles. The molecule has 4 aromatic rings. The van der Waals surface area contributed by atoms with Crippen molar-refractivity contribution in [2.75, 3.05) is 13.7 Å². The SMILES string of the molecule is COc1cc(C(=O)O)cc2c1nc(CN1CCc3cc(C(F)(F)F)c(OCc4ccc(Cl)cc4F)nc3[C@@H]1C)n2C. The van der Waals surface area contributed by atoms with Gasteiger partial charge in [-0.15, -0.1) is 0 Å². The number of fused-ring (bicyclic) bond motifs is 2.